The van der Waals surface area contributed by atoms with Crippen molar-refractivity contribution >= 4 is 16.9 Å². The Kier molecular flexibility index (Phi) is 2.70. The van der Waals surface area contributed by atoms with Gasteiger partial charge in [0.15, 0.2) is 5.65 Å². The lowest BCUT2D eigenvalue weighted by molar-refractivity contribution is 0.625. The number of aromatic nitrogens is 4. The molecule has 0 saturated carbocycles. The fourth-order valence-electron chi connectivity index (χ4n) is 2.20. The Balaban J connectivity index is 2.24. The first kappa shape index (κ1) is 11.7. The van der Waals surface area contributed by atoms with Gasteiger partial charge in [-0.25, -0.2) is 9.07 Å². The maximum Gasteiger partial charge on any atom is 0.186 e. The summed E-state index contributed by atoms with van der Waals surface area (Å²) in [6, 6.07) is 6.26. The third-order valence-corrected chi connectivity index (χ3v) is 3.02. The van der Waals surface area contributed by atoms with Crippen molar-refractivity contribution in [1.82, 2.24) is 20.0 Å². The summed E-state index contributed by atoms with van der Waals surface area (Å²) in [6.45, 7) is 2.07. The van der Waals surface area contributed by atoms with Crippen LogP contribution in [0.4, 0.5) is 10.2 Å². The molecule has 0 aliphatic rings. The van der Waals surface area contributed by atoms with E-state index in [2.05, 4.69) is 22.2 Å². The Bertz CT molecular complexity index is 728. The maximum absolute atomic E-state index is 13.3. The van der Waals surface area contributed by atoms with E-state index in [1.165, 1.54) is 12.1 Å². The molecule has 0 radical (unpaired) electrons. The third-order valence-electron chi connectivity index (χ3n) is 3.02. The van der Waals surface area contributed by atoms with Crippen molar-refractivity contribution in [2.24, 2.45) is 0 Å². The average molecular weight is 259 g/mol. The molecule has 0 aliphatic heterocycles. The molecule has 0 saturated heterocycles. The van der Waals surface area contributed by atoms with Crippen molar-refractivity contribution in [1.29, 1.82) is 0 Å². The molecule has 3 aromatic rings. The summed E-state index contributed by atoms with van der Waals surface area (Å²) in [5, 5.41) is 12.2. The quantitative estimate of drug-likeness (QED) is 0.758. The second-order valence-electron chi connectivity index (χ2n) is 4.42. The van der Waals surface area contributed by atoms with Crippen LogP contribution in [0.3, 0.4) is 0 Å². The number of rotatable bonds is 3. The Hall–Kier alpha value is -2.37. The van der Waals surface area contributed by atoms with E-state index in [-0.39, 0.29) is 5.82 Å². The zero-order chi connectivity index (χ0) is 13.4. The van der Waals surface area contributed by atoms with Crippen LogP contribution >= 0.6 is 0 Å². The van der Waals surface area contributed by atoms with E-state index in [0.717, 1.165) is 23.9 Å². The number of fused-ring (bicyclic) bond motifs is 1. The molecule has 5 nitrogen and oxygen atoms in total. The molecule has 0 bridgehead atoms. The van der Waals surface area contributed by atoms with Gasteiger partial charge in [0, 0.05) is 0 Å². The minimum Gasteiger partial charge on any atom is -0.383 e. The second-order valence-corrected chi connectivity index (χ2v) is 4.42. The van der Waals surface area contributed by atoms with E-state index in [1.54, 1.807) is 16.8 Å². The van der Waals surface area contributed by atoms with E-state index in [0.29, 0.717) is 17.2 Å². The van der Waals surface area contributed by atoms with Crippen molar-refractivity contribution in [3.05, 3.63) is 35.8 Å². The Morgan fingerprint density at radius 3 is 3.00 bits per heavy atom. The largest absolute Gasteiger partial charge is 0.383 e. The second kappa shape index (κ2) is 4.38. The highest BCUT2D eigenvalue weighted by Gasteiger charge is 2.17. The van der Waals surface area contributed by atoms with Gasteiger partial charge in [-0.2, -0.15) is 10.2 Å². The van der Waals surface area contributed by atoms with E-state index < -0.39 is 0 Å². The molecule has 98 valence electrons. The lowest BCUT2D eigenvalue weighted by atomic mass is 10.2. The van der Waals surface area contributed by atoms with Gasteiger partial charge in [-0.3, -0.25) is 5.10 Å². The van der Waals surface area contributed by atoms with Gasteiger partial charge in [-0.1, -0.05) is 19.4 Å². The first-order valence-electron chi connectivity index (χ1n) is 6.18. The minimum atomic E-state index is -0.304. The lowest BCUT2D eigenvalue weighted by Crippen LogP contribution is -1.99. The molecule has 0 fully saturated rings. The summed E-state index contributed by atoms with van der Waals surface area (Å²) in [7, 11) is 0. The molecule has 0 spiro atoms. The van der Waals surface area contributed by atoms with Gasteiger partial charge in [0.25, 0.3) is 0 Å². The fraction of sp³-hybridized carbons (Fsp3) is 0.231. The number of aromatic amines is 1. The van der Waals surface area contributed by atoms with E-state index in [4.69, 9.17) is 5.73 Å². The lowest BCUT2D eigenvalue weighted by Gasteiger charge is -2.01. The minimum absolute atomic E-state index is 0.304. The van der Waals surface area contributed by atoms with Gasteiger partial charge >= 0.3 is 0 Å². The number of H-pyrrole nitrogens is 1. The van der Waals surface area contributed by atoms with Crippen molar-refractivity contribution < 1.29 is 4.39 Å². The molecule has 0 aliphatic carbocycles. The van der Waals surface area contributed by atoms with Crippen LogP contribution in [0.25, 0.3) is 16.7 Å². The number of nitrogen functional groups attached to an aromatic ring is 1. The summed E-state index contributed by atoms with van der Waals surface area (Å²) in [5.74, 6) is 0.197. The molecular weight excluding hydrogens is 245 g/mol. The summed E-state index contributed by atoms with van der Waals surface area (Å²) in [5.41, 5.74) is 8.03. The van der Waals surface area contributed by atoms with Gasteiger partial charge < -0.3 is 5.73 Å². The monoisotopic (exact) mass is 259 g/mol. The van der Waals surface area contributed by atoms with Crippen LogP contribution in [0.15, 0.2) is 24.3 Å². The van der Waals surface area contributed by atoms with E-state index >= 15 is 0 Å². The van der Waals surface area contributed by atoms with Crippen LogP contribution in [-0.2, 0) is 6.42 Å². The number of nitrogens with one attached hydrogen (secondary N) is 1. The number of benzene rings is 1. The molecule has 1 aromatic carbocycles. The molecule has 19 heavy (non-hydrogen) atoms. The van der Waals surface area contributed by atoms with Crippen LogP contribution in [0.1, 0.15) is 19.0 Å². The van der Waals surface area contributed by atoms with Gasteiger partial charge in [-0.05, 0) is 24.6 Å². The zero-order valence-corrected chi connectivity index (χ0v) is 10.5. The van der Waals surface area contributed by atoms with Crippen molar-refractivity contribution in [3.63, 3.8) is 0 Å². The molecule has 2 aromatic heterocycles. The molecule has 6 heteroatoms. The van der Waals surface area contributed by atoms with Crippen LogP contribution in [0.5, 0.6) is 0 Å². The molecular formula is C13H14FN5. The SMILES string of the molecule is CCCc1nn(-c2cccc(F)c2)c2n[nH]c(N)c12. The first-order chi connectivity index (χ1) is 9.20. The highest BCUT2D eigenvalue weighted by Crippen LogP contribution is 2.25. The standard InChI is InChI=1S/C13H14FN5/c1-2-4-10-11-12(15)16-17-13(11)19(18-10)9-6-3-5-8(14)7-9/h3,5-7H,2,4H2,1H3,(H3,15,16,17). The Morgan fingerprint density at radius 1 is 1.42 bits per heavy atom. The van der Waals surface area contributed by atoms with Crippen molar-refractivity contribution in [2.45, 2.75) is 19.8 Å². The van der Waals surface area contributed by atoms with Gasteiger partial charge in [0.1, 0.15) is 11.6 Å². The number of aryl methyl sites for hydroxylation is 1. The van der Waals surface area contributed by atoms with Crippen LogP contribution < -0.4 is 5.73 Å². The number of halogens is 1. The number of hydrogen-bond acceptors (Lipinski definition) is 3. The van der Waals surface area contributed by atoms with Gasteiger partial charge in [-0.15, -0.1) is 0 Å². The van der Waals surface area contributed by atoms with Crippen molar-refractivity contribution in [3.8, 4) is 5.69 Å². The summed E-state index contributed by atoms with van der Waals surface area (Å²) >= 11 is 0. The number of nitrogens with two attached hydrogens (primary N) is 1. The molecule has 3 rings (SSSR count). The summed E-state index contributed by atoms with van der Waals surface area (Å²) in [4.78, 5) is 0. The number of anilines is 1. The molecule has 0 amide bonds. The smallest absolute Gasteiger partial charge is 0.186 e. The number of nitrogens with zero attached hydrogens (tertiary/aromatic N) is 3. The Morgan fingerprint density at radius 2 is 2.26 bits per heavy atom. The number of hydrogen-bond donors (Lipinski definition) is 2. The molecule has 2 heterocycles. The van der Waals surface area contributed by atoms with Crippen LogP contribution in [0.2, 0.25) is 0 Å². The molecule has 3 N–H and O–H groups in total. The first-order valence-corrected chi connectivity index (χ1v) is 6.18. The molecule has 0 unspecified atom stereocenters. The average Bonchev–Trinajstić information content (AvgIpc) is 2.93. The van der Waals surface area contributed by atoms with E-state index in [1.807, 2.05) is 0 Å². The predicted molar refractivity (Wildman–Crippen MR) is 71.6 cm³/mol. The normalized spacial score (nSPS) is 11.3. The maximum atomic E-state index is 13.3. The zero-order valence-electron chi connectivity index (χ0n) is 10.5. The summed E-state index contributed by atoms with van der Waals surface area (Å²) < 4.78 is 14.9. The highest BCUT2D eigenvalue weighted by molar-refractivity contribution is 5.89. The molecule has 0 atom stereocenters. The van der Waals surface area contributed by atoms with Gasteiger partial charge in [0.05, 0.1) is 16.8 Å². The fourth-order valence-corrected chi connectivity index (χ4v) is 2.20. The van der Waals surface area contributed by atoms with Crippen molar-refractivity contribution in [2.75, 3.05) is 5.73 Å². The van der Waals surface area contributed by atoms with Crippen LogP contribution in [0, 0.1) is 5.82 Å². The van der Waals surface area contributed by atoms with Crippen LogP contribution in [-0.4, -0.2) is 20.0 Å². The third kappa shape index (κ3) is 1.85. The summed E-state index contributed by atoms with van der Waals surface area (Å²) in [6.07, 6.45) is 1.77. The topological polar surface area (TPSA) is 72.5 Å². The predicted octanol–water partition coefficient (Wildman–Crippen LogP) is 2.42. The van der Waals surface area contributed by atoms with Gasteiger partial charge in [0.2, 0.25) is 0 Å². The highest BCUT2D eigenvalue weighted by atomic mass is 19.1. The Labute approximate surface area is 109 Å². The van der Waals surface area contributed by atoms with E-state index in [9.17, 15) is 4.39 Å².